The number of carbonyl (C=O) groups excluding carboxylic acids is 3. The molecule has 3 saturated heterocycles. The fraction of sp³-hybridized carbons (Fsp3) is 0.375. The Balaban J connectivity index is 1.56. The highest BCUT2D eigenvalue weighted by molar-refractivity contribution is 6.26. The average Bonchev–Trinajstić information content (AvgIpc) is 3.45. The molecule has 4 heterocycles. The number of hydrogen-bond acceptors (Lipinski definition) is 4. The van der Waals surface area contributed by atoms with E-state index in [0.29, 0.717) is 12.2 Å². The van der Waals surface area contributed by atoms with E-state index < -0.39 is 23.2 Å². The van der Waals surface area contributed by atoms with Crippen LogP contribution in [0.4, 0.5) is 15.8 Å². The number of carbonyl (C=O) groups is 3. The van der Waals surface area contributed by atoms with Gasteiger partial charge >= 0.3 is 0 Å². The van der Waals surface area contributed by atoms with Gasteiger partial charge in [-0.05, 0) is 68.6 Å². The summed E-state index contributed by atoms with van der Waals surface area (Å²) in [7, 11) is 0. The zero-order chi connectivity index (χ0) is 21.7. The number of fused-ring (bicyclic) bond motifs is 7. The van der Waals surface area contributed by atoms with Crippen LogP contribution in [0.25, 0.3) is 0 Å². The quantitative estimate of drug-likeness (QED) is 0.722. The number of benzene rings is 2. The fourth-order valence-electron chi connectivity index (χ4n) is 6.36. The van der Waals surface area contributed by atoms with Crippen LogP contribution in [0.2, 0.25) is 0 Å². The Morgan fingerprint density at radius 2 is 1.77 bits per heavy atom. The zero-order valence-corrected chi connectivity index (χ0v) is 17.3. The van der Waals surface area contributed by atoms with E-state index in [-0.39, 0.29) is 23.8 Å². The van der Waals surface area contributed by atoms with Crippen molar-refractivity contribution in [3.05, 3.63) is 58.9 Å². The molecule has 4 atom stereocenters. The molecule has 2 aromatic rings. The molecule has 0 saturated carbocycles. The summed E-state index contributed by atoms with van der Waals surface area (Å²) in [5.41, 5.74) is 2.77. The summed E-state index contributed by atoms with van der Waals surface area (Å²) in [4.78, 5) is 44.3. The molecule has 1 N–H and O–H groups in total. The lowest BCUT2D eigenvalue weighted by molar-refractivity contribution is -0.135. The van der Waals surface area contributed by atoms with Gasteiger partial charge in [0.15, 0.2) is 0 Å². The third-order valence-electron chi connectivity index (χ3n) is 7.78. The molecule has 0 aliphatic carbocycles. The molecule has 6 rings (SSSR count). The molecule has 3 amide bonds. The Kier molecular flexibility index (Phi) is 3.62. The van der Waals surface area contributed by atoms with Crippen LogP contribution in [0.15, 0.2) is 36.4 Å². The lowest BCUT2D eigenvalue weighted by Gasteiger charge is -2.36. The summed E-state index contributed by atoms with van der Waals surface area (Å²) in [6.07, 6.45) is 1.65. The van der Waals surface area contributed by atoms with E-state index in [0.717, 1.165) is 35.2 Å². The molecular weight excluding hydrogens is 397 g/mol. The van der Waals surface area contributed by atoms with Crippen LogP contribution >= 0.6 is 0 Å². The van der Waals surface area contributed by atoms with Gasteiger partial charge in [-0.3, -0.25) is 19.3 Å². The van der Waals surface area contributed by atoms with Crippen molar-refractivity contribution in [3.8, 4) is 0 Å². The lowest BCUT2D eigenvalue weighted by atomic mass is 9.75. The molecule has 7 heteroatoms. The molecule has 2 aromatic carbocycles. The van der Waals surface area contributed by atoms with Crippen LogP contribution in [-0.4, -0.2) is 35.2 Å². The Morgan fingerprint density at radius 1 is 1.03 bits per heavy atom. The van der Waals surface area contributed by atoms with Gasteiger partial charge in [-0.15, -0.1) is 0 Å². The summed E-state index contributed by atoms with van der Waals surface area (Å²) < 4.78 is 13.5. The molecule has 4 aliphatic heterocycles. The maximum Gasteiger partial charge on any atom is 0.250 e. The van der Waals surface area contributed by atoms with Gasteiger partial charge < -0.3 is 5.32 Å². The number of imide groups is 1. The lowest BCUT2D eigenvalue weighted by Crippen LogP contribution is -2.54. The van der Waals surface area contributed by atoms with Crippen molar-refractivity contribution < 1.29 is 18.8 Å². The first-order chi connectivity index (χ1) is 14.9. The minimum atomic E-state index is -1.18. The van der Waals surface area contributed by atoms with Gasteiger partial charge in [-0.1, -0.05) is 12.1 Å². The van der Waals surface area contributed by atoms with Crippen LogP contribution in [0, 0.1) is 31.5 Å². The molecular formula is C24H22FN3O3. The molecule has 4 unspecified atom stereocenters. The predicted octanol–water partition coefficient (Wildman–Crippen LogP) is 2.87. The highest BCUT2D eigenvalue weighted by atomic mass is 19.1. The van der Waals surface area contributed by atoms with Crippen molar-refractivity contribution in [1.29, 1.82) is 0 Å². The minimum Gasteiger partial charge on any atom is -0.324 e. The molecule has 158 valence electrons. The van der Waals surface area contributed by atoms with E-state index in [4.69, 9.17) is 0 Å². The Labute approximate surface area is 179 Å². The third kappa shape index (κ3) is 2.07. The SMILES string of the molecule is Cc1ccc2c(c1C)NC(=O)C21C2C(=O)N(c3ccc(F)cc3)C(=O)C2C2CCCN21. The molecule has 3 fully saturated rings. The van der Waals surface area contributed by atoms with E-state index in [2.05, 4.69) is 10.2 Å². The largest absolute Gasteiger partial charge is 0.324 e. The van der Waals surface area contributed by atoms with E-state index in [1.165, 1.54) is 29.2 Å². The standard InChI is InChI=1S/C24H22FN3O3/c1-12-5-10-16-20(13(12)2)26-23(31)24(16)19-18(17-4-3-11-27(17)24)21(29)28(22(19)30)15-8-6-14(25)7-9-15/h5-10,17-19H,3-4,11H2,1-2H3,(H,26,31). The van der Waals surface area contributed by atoms with Gasteiger partial charge in [0.05, 0.1) is 17.5 Å². The van der Waals surface area contributed by atoms with Crippen molar-refractivity contribution in [2.75, 3.05) is 16.8 Å². The predicted molar refractivity (Wildman–Crippen MR) is 112 cm³/mol. The maximum absolute atomic E-state index is 13.8. The Bertz CT molecular complexity index is 1180. The number of halogens is 1. The second-order valence-corrected chi connectivity index (χ2v) is 9.05. The number of anilines is 2. The van der Waals surface area contributed by atoms with Gasteiger partial charge in [0.2, 0.25) is 17.7 Å². The minimum absolute atomic E-state index is 0.162. The Morgan fingerprint density at radius 3 is 2.52 bits per heavy atom. The number of rotatable bonds is 1. The van der Waals surface area contributed by atoms with E-state index in [1.54, 1.807) is 0 Å². The Hall–Kier alpha value is -3.06. The van der Waals surface area contributed by atoms with Gasteiger partial charge in [0, 0.05) is 17.3 Å². The first-order valence-corrected chi connectivity index (χ1v) is 10.7. The fourth-order valence-corrected chi connectivity index (χ4v) is 6.36. The van der Waals surface area contributed by atoms with Gasteiger partial charge in [-0.2, -0.15) is 0 Å². The molecule has 0 aromatic heterocycles. The van der Waals surface area contributed by atoms with Crippen molar-refractivity contribution >= 4 is 29.1 Å². The van der Waals surface area contributed by atoms with E-state index in [1.807, 2.05) is 26.0 Å². The monoisotopic (exact) mass is 419 g/mol. The van der Waals surface area contributed by atoms with E-state index in [9.17, 15) is 18.8 Å². The first kappa shape index (κ1) is 18.7. The number of nitrogens with one attached hydrogen (secondary N) is 1. The average molecular weight is 419 g/mol. The van der Waals surface area contributed by atoms with Crippen LogP contribution in [-0.2, 0) is 19.9 Å². The summed E-state index contributed by atoms with van der Waals surface area (Å²) in [5, 5.41) is 3.05. The second kappa shape index (κ2) is 6.01. The third-order valence-corrected chi connectivity index (χ3v) is 7.78. The van der Waals surface area contributed by atoms with Crippen LogP contribution in [0.1, 0.15) is 29.5 Å². The second-order valence-electron chi connectivity index (χ2n) is 9.05. The molecule has 0 radical (unpaired) electrons. The van der Waals surface area contributed by atoms with E-state index >= 15 is 0 Å². The summed E-state index contributed by atoms with van der Waals surface area (Å²) >= 11 is 0. The van der Waals surface area contributed by atoms with Crippen molar-refractivity contribution in [2.45, 2.75) is 38.3 Å². The van der Waals surface area contributed by atoms with Crippen molar-refractivity contribution in [2.24, 2.45) is 11.8 Å². The number of amides is 3. The molecule has 31 heavy (non-hydrogen) atoms. The molecule has 4 aliphatic rings. The van der Waals surface area contributed by atoms with Crippen molar-refractivity contribution in [1.82, 2.24) is 4.90 Å². The van der Waals surface area contributed by atoms with Crippen LogP contribution in [0.5, 0.6) is 0 Å². The molecule has 6 nitrogen and oxygen atoms in total. The summed E-state index contributed by atoms with van der Waals surface area (Å²) in [6, 6.07) is 9.13. The van der Waals surface area contributed by atoms with Gasteiger partial charge in [0.25, 0.3) is 0 Å². The van der Waals surface area contributed by atoms with Gasteiger partial charge in [0.1, 0.15) is 11.4 Å². The smallest absolute Gasteiger partial charge is 0.250 e. The number of hydrogen-bond donors (Lipinski definition) is 1. The van der Waals surface area contributed by atoms with Gasteiger partial charge in [-0.25, -0.2) is 9.29 Å². The molecule has 0 bridgehead atoms. The summed E-state index contributed by atoms with van der Waals surface area (Å²) in [6.45, 7) is 4.63. The first-order valence-electron chi connectivity index (χ1n) is 10.7. The van der Waals surface area contributed by atoms with Crippen molar-refractivity contribution in [3.63, 3.8) is 0 Å². The zero-order valence-electron chi connectivity index (χ0n) is 17.3. The molecule has 1 spiro atoms. The maximum atomic E-state index is 13.8. The summed E-state index contributed by atoms with van der Waals surface area (Å²) in [5.74, 6) is -2.70. The van der Waals surface area contributed by atoms with Crippen LogP contribution in [0.3, 0.4) is 0 Å². The number of aryl methyl sites for hydroxylation is 1. The highest BCUT2D eigenvalue weighted by Crippen LogP contribution is 2.61. The topological polar surface area (TPSA) is 69.7 Å². The number of nitrogens with zero attached hydrogens (tertiary/aromatic N) is 2. The normalized spacial score (nSPS) is 31.4. The van der Waals surface area contributed by atoms with Crippen LogP contribution < -0.4 is 10.2 Å². The highest BCUT2D eigenvalue weighted by Gasteiger charge is 2.74.